The zero-order chi connectivity index (χ0) is 11.8. The van der Waals surface area contributed by atoms with Gasteiger partial charge in [0.2, 0.25) is 5.91 Å². The first kappa shape index (κ1) is 13.0. The minimum absolute atomic E-state index is 0.107. The topological polar surface area (TPSA) is 68.3 Å². The van der Waals surface area contributed by atoms with E-state index >= 15 is 0 Å². The van der Waals surface area contributed by atoms with Crippen molar-refractivity contribution in [1.29, 1.82) is 0 Å². The molecule has 1 N–H and O–H groups in total. The molecule has 0 unspecified atom stereocenters. The Hall–Kier alpha value is -1.08. The summed E-state index contributed by atoms with van der Waals surface area (Å²) >= 11 is 2.76. The van der Waals surface area contributed by atoms with Crippen LogP contribution < -0.4 is 5.32 Å². The van der Waals surface area contributed by atoms with Crippen LogP contribution in [0.5, 0.6) is 0 Å². The van der Waals surface area contributed by atoms with Crippen molar-refractivity contribution in [2.24, 2.45) is 0 Å². The zero-order valence-corrected chi connectivity index (χ0v) is 10.4. The maximum Gasteiger partial charge on any atom is 0.306 e. The minimum Gasteiger partial charge on any atom is -0.469 e. The van der Waals surface area contributed by atoms with E-state index in [1.54, 1.807) is 11.6 Å². The molecule has 1 heterocycles. The third kappa shape index (κ3) is 5.13. The van der Waals surface area contributed by atoms with Gasteiger partial charge in [-0.3, -0.25) is 9.59 Å². The highest BCUT2D eigenvalue weighted by Crippen LogP contribution is 2.11. The summed E-state index contributed by atoms with van der Waals surface area (Å²) in [6.45, 7) is 0. The number of aromatic nitrogens is 1. The van der Waals surface area contributed by atoms with Crippen LogP contribution >= 0.6 is 23.1 Å². The Balaban J connectivity index is 2.09. The summed E-state index contributed by atoms with van der Waals surface area (Å²) in [7, 11) is 1.35. The smallest absolute Gasteiger partial charge is 0.306 e. The number of ether oxygens (including phenoxy) is 1. The van der Waals surface area contributed by atoms with Crippen LogP contribution in [-0.2, 0) is 14.3 Å². The number of thiazole rings is 1. The summed E-state index contributed by atoms with van der Waals surface area (Å²) in [5.41, 5.74) is 0. The summed E-state index contributed by atoms with van der Waals surface area (Å²) in [6.07, 6.45) is 1.95. The molecule has 5 nitrogen and oxygen atoms in total. The predicted octanol–water partition coefficient (Wildman–Crippen LogP) is 1.38. The fourth-order valence-corrected chi connectivity index (χ4v) is 2.12. The second-order valence-corrected chi connectivity index (χ2v) is 4.76. The van der Waals surface area contributed by atoms with Gasteiger partial charge in [0.05, 0.1) is 19.3 Å². The SMILES string of the molecule is COC(=O)CCSCC(=O)Nc1nccs1. The van der Waals surface area contributed by atoms with Crippen LogP contribution in [0.4, 0.5) is 5.13 Å². The van der Waals surface area contributed by atoms with E-state index < -0.39 is 0 Å². The molecule has 1 aromatic rings. The fraction of sp³-hybridized carbons (Fsp3) is 0.444. The number of anilines is 1. The normalized spacial score (nSPS) is 9.81. The molecule has 1 amide bonds. The summed E-state index contributed by atoms with van der Waals surface area (Å²) < 4.78 is 4.48. The lowest BCUT2D eigenvalue weighted by Crippen LogP contribution is -2.14. The van der Waals surface area contributed by atoms with Crippen molar-refractivity contribution in [3.63, 3.8) is 0 Å². The molecular formula is C9H12N2O3S2. The lowest BCUT2D eigenvalue weighted by atomic mass is 10.5. The Morgan fingerprint density at radius 2 is 2.44 bits per heavy atom. The molecule has 88 valence electrons. The number of hydrogen-bond acceptors (Lipinski definition) is 6. The number of methoxy groups -OCH3 is 1. The Labute approximate surface area is 102 Å². The van der Waals surface area contributed by atoms with Crippen LogP contribution in [0, 0.1) is 0 Å². The molecule has 0 aliphatic rings. The van der Waals surface area contributed by atoms with Gasteiger partial charge in [0.15, 0.2) is 5.13 Å². The molecule has 0 saturated heterocycles. The monoisotopic (exact) mass is 260 g/mol. The van der Waals surface area contributed by atoms with Crippen molar-refractivity contribution in [3.05, 3.63) is 11.6 Å². The average Bonchev–Trinajstić information content (AvgIpc) is 2.76. The Morgan fingerprint density at radius 3 is 3.06 bits per heavy atom. The van der Waals surface area contributed by atoms with Crippen LogP contribution in [0.3, 0.4) is 0 Å². The van der Waals surface area contributed by atoms with E-state index in [0.29, 0.717) is 23.1 Å². The number of amides is 1. The summed E-state index contributed by atoms with van der Waals surface area (Å²) in [5.74, 6) is 0.534. The molecule has 0 aromatic carbocycles. The van der Waals surface area contributed by atoms with E-state index in [-0.39, 0.29) is 11.9 Å². The molecule has 0 atom stereocenters. The Morgan fingerprint density at radius 1 is 1.62 bits per heavy atom. The maximum atomic E-state index is 11.3. The molecule has 0 aliphatic carbocycles. The third-order valence-corrected chi connectivity index (χ3v) is 3.24. The molecule has 1 rings (SSSR count). The van der Waals surface area contributed by atoms with Crippen molar-refractivity contribution < 1.29 is 14.3 Å². The molecule has 0 bridgehead atoms. The predicted molar refractivity (Wildman–Crippen MR) is 64.7 cm³/mol. The number of esters is 1. The second kappa shape index (κ2) is 7.24. The summed E-state index contributed by atoms with van der Waals surface area (Å²) in [6, 6.07) is 0. The molecule has 0 radical (unpaired) electrons. The van der Waals surface area contributed by atoms with Crippen LogP contribution in [0.1, 0.15) is 6.42 Å². The van der Waals surface area contributed by atoms with E-state index in [4.69, 9.17) is 0 Å². The van der Waals surface area contributed by atoms with Crippen molar-refractivity contribution in [3.8, 4) is 0 Å². The van der Waals surface area contributed by atoms with Gasteiger partial charge in [-0.15, -0.1) is 11.3 Å². The first-order chi connectivity index (χ1) is 7.72. The van der Waals surface area contributed by atoms with Crippen molar-refractivity contribution in [2.75, 3.05) is 23.9 Å². The van der Waals surface area contributed by atoms with Crippen LogP contribution in [0.15, 0.2) is 11.6 Å². The third-order valence-electron chi connectivity index (χ3n) is 1.59. The van der Waals surface area contributed by atoms with Crippen molar-refractivity contribution in [2.45, 2.75) is 6.42 Å². The molecule has 16 heavy (non-hydrogen) atoms. The molecule has 7 heteroatoms. The number of carbonyl (C=O) groups excluding carboxylic acids is 2. The van der Waals surface area contributed by atoms with Gasteiger partial charge >= 0.3 is 5.97 Å². The van der Waals surface area contributed by atoms with Crippen molar-refractivity contribution >= 4 is 40.1 Å². The van der Waals surface area contributed by atoms with E-state index in [9.17, 15) is 9.59 Å². The molecule has 0 fully saturated rings. The quantitative estimate of drug-likeness (QED) is 0.618. The number of nitrogens with one attached hydrogen (secondary N) is 1. The highest BCUT2D eigenvalue weighted by molar-refractivity contribution is 7.99. The number of carbonyl (C=O) groups is 2. The van der Waals surface area contributed by atoms with Crippen molar-refractivity contribution in [1.82, 2.24) is 4.98 Å². The van der Waals surface area contributed by atoms with Gasteiger partial charge < -0.3 is 10.1 Å². The summed E-state index contributed by atoms with van der Waals surface area (Å²) in [4.78, 5) is 26.0. The van der Waals surface area contributed by atoms with Crippen LogP contribution in [0.2, 0.25) is 0 Å². The Bertz CT molecular complexity index is 341. The largest absolute Gasteiger partial charge is 0.469 e. The van der Waals surface area contributed by atoms with Gasteiger partial charge in [0, 0.05) is 17.3 Å². The van der Waals surface area contributed by atoms with Gasteiger partial charge in [-0.25, -0.2) is 4.98 Å². The minimum atomic E-state index is -0.257. The van der Waals surface area contributed by atoms with E-state index in [1.807, 2.05) is 0 Å². The standard InChI is InChI=1S/C9H12N2O3S2/c1-14-8(13)2-4-15-6-7(12)11-9-10-3-5-16-9/h3,5H,2,4,6H2,1H3,(H,10,11,12). The lowest BCUT2D eigenvalue weighted by Gasteiger charge is -2.01. The number of rotatable bonds is 6. The van der Waals surface area contributed by atoms with Gasteiger partial charge in [0.1, 0.15) is 0 Å². The molecule has 1 aromatic heterocycles. The van der Waals surface area contributed by atoms with Crippen LogP contribution in [0.25, 0.3) is 0 Å². The van der Waals surface area contributed by atoms with Gasteiger partial charge in [-0.1, -0.05) is 0 Å². The van der Waals surface area contributed by atoms with Gasteiger partial charge in [-0.2, -0.15) is 11.8 Å². The first-order valence-corrected chi connectivity index (χ1v) is 6.59. The van der Waals surface area contributed by atoms with E-state index in [2.05, 4.69) is 15.0 Å². The van der Waals surface area contributed by atoms with Gasteiger partial charge in [-0.05, 0) is 0 Å². The molecular weight excluding hydrogens is 248 g/mol. The second-order valence-electron chi connectivity index (χ2n) is 2.76. The fourth-order valence-electron chi connectivity index (χ4n) is 0.863. The van der Waals surface area contributed by atoms with E-state index in [0.717, 1.165) is 0 Å². The number of hydrogen-bond donors (Lipinski definition) is 1. The zero-order valence-electron chi connectivity index (χ0n) is 8.76. The first-order valence-electron chi connectivity index (χ1n) is 4.56. The number of thioether (sulfide) groups is 1. The average molecular weight is 260 g/mol. The van der Waals surface area contributed by atoms with E-state index in [1.165, 1.54) is 30.2 Å². The number of nitrogens with zero attached hydrogens (tertiary/aromatic N) is 1. The molecule has 0 aliphatic heterocycles. The highest BCUT2D eigenvalue weighted by atomic mass is 32.2. The lowest BCUT2D eigenvalue weighted by molar-refractivity contribution is -0.140. The Kier molecular flexibility index (Phi) is 5.87. The molecule has 0 saturated carbocycles. The molecule has 0 spiro atoms. The van der Waals surface area contributed by atoms with Gasteiger partial charge in [0.25, 0.3) is 0 Å². The summed E-state index contributed by atoms with van der Waals surface area (Å²) in [5, 5.41) is 5.04. The van der Waals surface area contributed by atoms with Crippen LogP contribution in [-0.4, -0.2) is 35.5 Å². The maximum absolute atomic E-state index is 11.3. The highest BCUT2D eigenvalue weighted by Gasteiger charge is 2.05.